The molecule has 0 bridgehead atoms. The average molecular weight is 437 g/mol. The molecule has 0 fully saturated rings. The number of nitrogens with one attached hydrogen (secondary N) is 1. The third kappa shape index (κ3) is 4.51. The number of fused-ring (bicyclic) bond motifs is 3. The topological polar surface area (TPSA) is 94.9 Å². The summed E-state index contributed by atoms with van der Waals surface area (Å²) in [5, 5.41) is 11.8. The second kappa shape index (κ2) is 9.67. The molecule has 0 radical (unpaired) electrons. The first kappa shape index (κ1) is 21.6. The minimum Gasteiger partial charge on any atom is -0.494 e. The second-order valence-electron chi connectivity index (χ2n) is 7.72. The minimum absolute atomic E-state index is 0.114. The summed E-state index contributed by atoms with van der Waals surface area (Å²) in [4.78, 5) is 24.8. The molecule has 0 unspecified atom stereocenters. The molecule has 0 saturated heterocycles. The van der Waals surface area contributed by atoms with Crippen LogP contribution >= 0.6 is 0 Å². The highest BCUT2D eigenvalue weighted by molar-refractivity contribution is 5.77. The molecular formula is C23H28N6O3. The highest BCUT2D eigenvalue weighted by Crippen LogP contribution is 2.24. The second-order valence-corrected chi connectivity index (χ2v) is 7.72. The van der Waals surface area contributed by atoms with Crippen molar-refractivity contribution in [2.24, 2.45) is 0 Å². The van der Waals surface area contributed by atoms with Gasteiger partial charge in [0.1, 0.15) is 17.8 Å². The number of hydrogen-bond acceptors (Lipinski definition) is 5. The van der Waals surface area contributed by atoms with Crippen LogP contribution in [0.3, 0.4) is 0 Å². The van der Waals surface area contributed by atoms with Gasteiger partial charge in [-0.2, -0.15) is 5.10 Å². The summed E-state index contributed by atoms with van der Waals surface area (Å²) in [5.74, 6) is 0.603. The van der Waals surface area contributed by atoms with E-state index in [1.165, 1.54) is 9.08 Å². The zero-order valence-electron chi connectivity index (χ0n) is 18.5. The molecule has 9 nitrogen and oxygen atoms in total. The largest absolute Gasteiger partial charge is 0.494 e. The number of aromatic nitrogens is 5. The molecule has 0 aliphatic heterocycles. The predicted octanol–water partition coefficient (Wildman–Crippen LogP) is 2.91. The Labute approximate surface area is 185 Å². The zero-order valence-corrected chi connectivity index (χ0v) is 18.5. The summed E-state index contributed by atoms with van der Waals surface area (Å²) < 4.78 is 10.0. The van der Waals surface area contributed by atoms with Crippen molar-refractivity contribution < 1.29 is 9.53 Å². The van der Waals surface area contributed by atoms with Gasteiger partial charge < -0.3 is 10.1 Å². The Hall–Kier alpha value is -3.62. The summed E-state index contributed by atoms with van der Waals surface area (Å²) in [7, 11) is 0. The van der Waals surface area contributed by atoms with E-state index in [2.05, 4.69) is 29.4 Å². The van der Waals surface area contributed by atoms with Crippen molar-refractivity contribution in [3.8, 4) is 17.0 Å². The number of amides is 1. The fourth-order valence-corrected chi connectivity index (χ4v) is 3.43. The number of rotatable bonds is 10. The fraction of sp³-hybridized carbons (Fsp3) is 0.391. The Bertz CT molecular complexity index is 1270. The predicted molar refractivity (Wildman–Crippen MR) is 122 cm³/mol. The van der Waals surface area contributed by atoms with E-state index < -0.39 is 0 Å². The monoisotopic (exact) mass is 436 g/mol. The van der Waals surface area contributed by atoms with Gasteiger partial charge in [0.05, 0.1) is 12.3 Å². The maximum absolute atomic E-state index is 12.7. The normalized spacial score (nSPS) is 11.3. The quantitative estimate of drug-likeness (QED) is 0.386. The summed E-state index contributed by atoms with van der Waals surface area (Å²) in [6.45, 7) is 5.37. The standard InChI is InChI=1S/C23H28N6O3/c1-3-5-11-24-21(30)16-29-23(31)27-12-13-28-20(22(27)26-29)15-19(25-28)17-7-9-18(10-8-17)32-14-6-4-2/h7-10,12-13,15H,3-6,11,14,16H2,1-2H3,(H,24,30). The van der Waals surface area contributed by atoms with Gasteiger partial charge in [-0.15, -0.1) is 5.10 Å². The molecule has 1 aromatic carbocycles. The van der Waals surface area contributed by atoms with Crippen LogP contribution in [0.2, 0.25) is 0 Å². The Kier molecular flexibility index (Phi) is 6.53. The number of nitrogens with zero attached hydrogens (tertiary/aromatic N) is 5. The molecule has 3 heterocycles. The van der Waals surface area contributed by atoms with Crippen LogP contribution in [0.4, 0.5) is 0 Å². The van der Waals surface area contributed by atoms with Crippen LogP contribution in [-0.4, -0.2) is 42.9 Å². The third-order valence-electron chi connectivity index (χ3n) is 5.25. The van der Waals surface area contributed by atoms with Crippen molar-refractivity contribution in [3.05, 3.63) is 53.2 Å². The van der Waals surface area contributed by atoms with Crippen molar-refractivity contribution in [1.82, 2.24) is 29.1 Å². The van der Waals surface area contributed by atoms with E-state index in [1.807, 2.05) is 30.3 Å². The lowest BCUT2D eigenvalue weighted by atomic mass is 10.1. The molecule has 0 aliphatic carbocycles. The van der Waals surface area contributed by atoms with Gasteiger partial charge in [-0.3, -0.25) is 4.79 Å². The lowest BCUT2D eigenvalue weighted by Crippen LogP contribution is -2.33. The number of ether oxygens (including phenoxy) is 1. The molecular weight excluding hydrogens is 408 g/mol. The van der Waals surface area contributed by atoms with Crippen molar-refractivity contribution in [2.45, 2.75) is 46.1 Å². The van der Waals surface area contributed by atoms with Gasteiger partial charge >= 0.3 is 5.69 Å². The van der Waals surface area contributed by atoms with Crippen molar-refractivity contribution in [3.63, 3.8) is 0 Å². The summed E-state index contributed by atoms with van der Waals surface area (Å²) in [5.41, 5.74) is 2.49. The fourth-order valence-electron chi connectivity index (χ4n) is 3.43. The molecule has 4 aromatic rings. The van der Waals surface area contributed by atoms with Crippen LogP contribution in [0.1, 0.15) is 39.5 Å². The van der Waals surface area contributed by atoms with Crippen molar-refractivity contribution in [1.29, 1.82) is 0 Å². The molecule has 1 amide bonds. The molecule has 9 heteroatoms. The summed E-state index contributed by atoms with van der Waals surface area (Å²) in [6, 6.07) is 9.68. The van der Waals surface area contributed by atoms with E-state index >= 15 is 0 Å². The first-order valence-electron chi connectivity index (χ1n) is 11.1. The zero-order chi connectivity index (χ0) is 22.5. The molecule has 0 saturated carbocycles. The van der Waals surface area contributed by atoms with E-state index in [1.54, 1.807) is 16.9 Å². The SMILES string of the molecule is CCCCNC(=O)Cn1nc2c3cc(-c4ccc(OCCCC)cc4)nn3ccn2c1=O. The maximum Gasteiger partial charge on any atom is 0.350 e. The Morgan fingerprint density at radius 3 is 2.59 bits per heavy atom. The average Bonchev–Trinajstić information content (AvgIpc) is 3.36. The molecule has 32 heavy (non-hydrogen) atoms. The number of carbonyl (C=O) groups is 1. The van der Waals surface area contributed by atoms with Crippen LogP contribution in [0, 0.1) is 0 Å². The molecule has 0 atom stereocenters. The van der Waals surface area contributed by atoms with Crippen LogP contribution in [0.15, 0.2) is 47.5 Å². The van der Waals surface area contributed by atoms with Crippen LogP contribution in [0.5, 0.6) is 5.75 Å². The molecule has 3 aromatic heterocycles. The van der Waals surface area contributed by atoms with Gasteiger partial charge in [0.25, 0.3) is 0 Å². The molecule has 0 spiro atoms. The van der Waals surface area contributed by atoms with E-state index in [0.717, 1.165) is 42.7 Å². The van der Waals surface area contributed by atoms with Crippen LogP contribution < -0.4 is 15.7 Å². The maximum atomic E-state index is 12.7. The first-order valence-corrected chi connectivity index (χ1v) is 11.1. The van der Waals surface area contributed by atoms with Gasteiger partial charge in [0.2, 0.25) is 5.91 Å². The summed E-state index contributed by atoms with van der Waals surface area (Å²) in [6.07, 6.45) is 7.34. The molecule has 1 N–H and O–H groups in total. The first-order chi connectivity index (χ1) is 15.6. The van der Waals surface area contributed by atoms with E-state index in [-0.39, 0.29) is 18.1 Å². The van der Waals surface area contributed by atoms with E-state index in [4.69, 9.17) is 4.74 Å². The lowest BCUT2D eigenvalue weighted by Gasteiger charge is -2.05. The Balaban J connectivity index is 1.59. The lowest BCUT2D eigenvalue weighted by molar-refractivity contribution is -0.121. The van der Waals surface area contributed by atoms with Crippen molar-refractivity contribution >= 4 is 17.1 Å². The minimum atomic E-state index is -0.357. The highest BCUT2D eigenvalue weighted by Gasteiger charge is 2.15. The Morgan fingerprint density at radius 1 is 1.06 bits per heavy atom. The van der Waals surface area contributed by atoms with Crippen LogP contribution in [-0.2, 0) is 11.3 Å². The number of unbranched alkanes of at least 4 members (excludes halogenated alkanes) is 2. The smallest absolute Gasteiger partial charge is 0.350 e. The third-order valence-corrected chi connectivity index (χ3v) is 5.25. The Morgan fingerprint density at radius 2 is 1.84 bits per heavy atom. The number of benzene rings is 1. The molecule has 0 aliphatic rings. The van der Waals surface area contributed by atoms with Crippen molar-refractivity contribution in [2.75, 3.05) is 13.2 Å². The number of hydrogen-bond donors (Lipinski definition) is 1. The van der Waals surface area contributed by atoms with Gasteiger partial charge in [-0.25, -0.2) is 18.4 Å². The van der Waals surface area contributed by atoms with Gasteiger partial charge in [0.15, 0.2) is 5.65 Å². The van der Waals surface area contributed by atoms with Gasteiger partial charge in [-0.05, 0) is 43.2 Å². The van der Waals surface area contributed by atoms with E-state index in [0.29, 0.717) is 24.3 Å². The van der Waals surface area contributed by atoms with Gasteiger partial charge in [-0.1, -0.05) is 26.7 Å². The summed E-state index contributed by atoms with van der Waals surface area (Å²) >= 11 is 0. The molecule has 168 valence electrons. The number of carbonyl (C=O) groups excluding carboxylic acids is 1. The highest BCUT2D eigenvalue weighted by atomic mass is 16.5. The van der Waals surface area contributed by atoms with Crippen LogP contribution in [0.25, 0.3) is 22.4 Å². The van der Waals surface area contributed by atoms with Gasteiger partial charge in [0, 0.05) is 24.5 Å². The van der Waals surface area contributed by atoms with E-state index in [9.17, 15) is 9.59 Å². The molecule has 4 rings (SSSR count).